The number of rotatable bonds is 6. The second-order valence-corrected chi connectivity index (χ2v) is 5.69. The molecule has 1 aromatic heterocycles. The third kappa shape index (κ3) is 3.93. The molecule has 0 bridgehead atoms. The van der Waals surface area contributed by atoms with Crippen LogP contribution in [-0.4, -0.2) is 35.5 Å². The van der Waals surface area contributed by atoms with Crippen LogP contribution in [0.1, 0.15) is 26.7 Å². The van der Waals surface area contributed by atoms with E-state index in [-0.39, 0.29) is 5.56 Å². The van der Waals surface area contributed by atoms with Crippen LogP contribution in [-0.2, 0) is 6.54 Å². The molecule has 0 amide bonds. The summed E-state index contributed by atoms with van der Waals surface area (Å²) in [5, 5.41) is 7.55. The van der Waals surface area contributed by atoms with Gasteiger partial charge in [0.1, 0.15) is 0 Å². The molecule has 0 spiro atoms. The molecule has 2 heterocycles. The lowest BCUT2D eigenvalue weighted by atomic mass is 10.2. The van der Waals surface area contributed by atoms with Gasteiger partial charge in [0, 0.05) is 31.7 Å². The van der Waals surface area contributed by atoms with Gasteiger partial charge in [0.2, 0.25) is 0 Å². The highest BCUT2D eigenvalue weighted by Gasteiger charge is 2.13. The smallest absolute Gasteiger partial charge is 0.269 e. The van der Waals surface area contributed by atoms with Gasteiger partial charge in [0.05, 0.1) is 18.4 Å². The van der Waals surface area contributed by atoms with Crippen molar-refractivity contribution >= 4 is 5.69 Å². The summed E-state index contributed by atoms with van der Waals surface area (Å²) >= 11 is 0. The molecular weight excluding hydrogens is 252 g/mol. The van der Waals surface area contributed by atoms with Crippen molar-refractivity contribution in [3.63, 3.8) is 0 Å². The monoisotopic (exact) mass is 276 g/mol. The molecular formula is C15H24N4O. The van der Waals surface area contributed by atoms with Crippen molar-refractivity contribution in [3.05, 3.63) is 34.8 Å². The lowest BCUT2D eigenvalue weighted by molar-refractivity contribution is 0.574. The average Bonchev–Trinajstić information content (AvgIpc) is 2.92. The number of hydrogen-bond acceptors (Lipinski definition) is 4. The van der Waals surface area contributed by atoms with Gasteiger partial charge in [0.15, 0.2) is 0 Å². The van der Waals surface area contributed by atoms with E-state index in [2.05, 4.69) is 35.7 Å². The van der Waals surface area contributed by atoms with Gasteiger partial charge in [-0.25, -0.2) is 4.68 Å². The molecule has 1 saturated heterocycles. The minimum atomic E-state index is -0.0555. The highest BCUT2D eigenvalue weighted by atomic mass is 16.1. The van der Waals surface area contributed by atoms with Crippen molar-refractivity contribution in [2.75, 3.05) is 24.5 Å². The molecule has 0 aromatic carbocycles. The topological polar surface area (TPSA) is 50.2 Å². The average molecular weight is 276 g/mol. The van der Waals surface area contributed by atoms with Crippen molar-refractivity contribution in [2.24, 2.45) is 0 Å². The van der Waals surface area contributed by atoms with Gasteiger partial charge in [-0.15, -0.1) is 0 Å². The fourth-order valence-electron chi connectivity index (χ4n) is 2.31. The Morgan fingerprint density at radius 1 is 1.45 bits per heavy atom. The van der Waals surface area contributed by atoms with Crippen LogP contribution >= 0.6 is 0 Å². The van der Waals surface area contributed by atoms with E-state index in [1.165, 1.54) is 17.5 Å². The molecule has 1 aliphatic rings. The first-order chi connectivity index (χ1) is 9.56. The van der Waals surface area contributed by atoms with Crippen LogP contribution in [0.4, 0.5) is 5.69 Å². The minimum Gasteiger partial charge on any atom is -0.370 e. The quantitative estimate of drug-likeness (QED) is 0.798. The summed E-state index contributed by atoms with van der Waals surface area (Å²) < 4.78 is 1.48. The van der Waals surface area contributed by atoms with Gasteiger partial charge in [-0.1, -0.05) is 20.4 Å². The molecule has 0 radical (unpaired) electrons. The number of hydrogen-bond donors (Lipinski definition) is 1. The molecule has 1 aromatic rings. The largest absolute Gasteiger partial charge is 0.370 e. The molecule has 0 aliphatic carbocycles. The third-order valence-corrected chi connectivity index (χ3v) is 3.46. The summed E-state index contributed by atoms with van der Waals surface area (Å²) in [4.78, 5) is 14.3. The maximum atomic E-state index is 12.1. The SMILES string of the molecule is C=C(CNC(C)C)Cn1ncc(N2CCCC2)cc1=O. The zero-order valence-corrected chi connectivity index (χ0v) is 12.4. The Morgan fingerprint density at radius 2 is 2.15 bits per heavy atom. The van der Waals surface area contributed by atoms with E-state index in [0.29, 0.717) is 19.1 Å². The Bertz CT molecular complexity index is 515. The van der Waals surface area contributed by atoms with Crippen LogP contribution in [0.3, 0.4) is 0 Å². The standard InChI is InChI=1S/C15H24N4O/c1-12(2)16-9-13(3)11-19-15(20)8-14(10-17-19)18-6-4-5-7-18/h8,10,12,16H,3-7,9,11H2,1-2H3. The van der Waals surface area contributed by atoms with Gasteiger partial charge < -0.3 is 10.2 Å². The summed E-state index contributed by atoms with van der Waals surface area (Å²) in [5.41, 5.74) is 1.84. The summed E-state index contributed by atoms with van der Waals surface area (Å²) in [6, 6.07) is 2.09. The van der Waals surface area contributed by atoms with E-state index in [9.17, 15) is 4.79 Å². The molecule has 1 N–H and O–H groups in total. The lowest BCUT2D eigenvalue weighted by Gasteiger charge is -2.17. The van der Waals surface area contributed by atoms with E-state index in [1.54, 1.807) is 12.3 Å². The Morgan fingerprint density at radius 3 is 2.75 bits per heavy atom. The van der Waals surface area contributed by atoms with Crippen LogP contribution in [0, 0.1) is 0 Å². The van der Waals surface area contributed by atoms with E-state index >= 15 is 0 Å². The van der Waals surface area contributed by atoms with Crippen molar-refractivity contribution in [1.29, 1.82) is 0 Å². The Kier molecular flexibility index (Phi) is 4.95. The normalized spacial score (nSPS) is 15.1. The predicted molar refractivity (Wildman–Crippen MR) is 82.2 cm³/mol. The van der Waals surface area contributed by atoms with E-state index in [4.69, 9.17) is 0 Å². The zero-order chi connectivity index (χ0) is 14.5. The first kappa shape index (κ1) is 14.8. The molecule has 0 atom stereocenters. The highest BCUT2D eigenvalue weighted by molar-refractivity contribution is 5.43. The maximum Gasteiger partial charge on any atom is 0.269 e. The molecule has 5 nitrogen and oxygen atoms in total. The molecule has 0 saturated carbocycles. The second kappa shape index (κ2) is 6.70. The molecule has 1 aliphatic heterocycles. The minimum absolute atomic E-state index is 0.0555. The van der Waals surface area contributed by atoms with Crippen LogP contribution < -0.4 is 15.8 Å². The molecule has 1 fully saturated rings. The Labute approximate surface area is 120 Å². The predicted octanol–water partition coefficient (Wildman–Crippen LogP) is 1.40. The summed E-state index contributed by atoms with van der Waals surface area (Å²) in [6.07, 6.45) is 4.18. The lowest BCUT2D eigenvalue weighted by Crippen LogP contribution is -2.30. The first-order valence-electron chi connectivity index (χ1n) is 7.28. The van der Waals surface area contributed by atoms with E-state index in [1.807, 2.05) is 0 Å². The van der Waals surface area contributed by atoms with Gasteiger partial charge in [-0.05, 0) is 18.4 Å². The zero-order valence-electron chi connectivity index (χ0n) is 12.4. The van der Waals surface area contributed by atoms with E-state index < -0.39 is 0 Å². The fraction of sp³-hybridized carbons (Fsp3) is 0.600. The van der Waals surface area contributed by atoms with Gasteiger partial charge >= 0.3 is 0 Å². The highest BCUT2D eigenvalue weighted by Crippen LogP contribution is 2.16. The Hall–Kier alpha value is -1.62. The summed E-state index contributed by atoms with van der Waals surface area (Å²) in [7, 11) is 0. The molecule has 20 heavy (non-hydrogen) atoms. The number of nitrogens with zero attached hydrogens (tertiary/aromatic N) is 3. The summed E-state index contributed by atoms with van der Waals surface area (Å²) in [6.45, 7) is 11.4. The number of anilines is 1. The second-order valence-electron chi connectivity index (χ2n) is 5.69. The van der Waals surface area contributed by atoms with Crippen molar-refractivity contribution in [3.8, 4) is 0 Å². The molecule has 2 rings (SSSR count). The van der Waals surface area contributed by atoms with E-state index in [0.717, 1.165) is 24.4 Å². The molecule has 5 heteroatoms. The third-order valence-electron chi connectivity index (χ3n) is 3.46. The van der Waals surface area contributed by atoms with Gasteiger partial charge in [-0.3, -0.25) is 4.79 Å². The van der Waals surface area contributed by atoms with Gasteiger partial charge in [0.25, 0.3) is 5.56 Å². The Balaban J connectivity index is 1.99. The maximum absolute atomic E-state index is 12.1. The van der Waals surface area contributed by atoms with Crippen LogP contribution in [0.25, 0.3) is 0 Å². The molecule has 110 valence electrons. The summed E-state index contributed by atoms with van der Waals surface area (Å²) in [5.74, 6) is 0. The van der Waals surface area contributed by atoms with Crippen molar-refractivity contribution < 1.29 is 0 Å². The fourth-order valence-corrected chi connectivity index (χ4v) is 2.31. The van der Waals surface area contributed by atoms with Crippen molar-refractivity contribution in [2.45, 2.75) is 39.3 Å². The molecule has 0 unspecified atom stereocenters. The van der Waals surface area contributed by atoms with Crippen molar-refractivity contribution in [1.82, 2.24) is 15.1 Å². The van der Waals surface area contributed by atoms with Crippen LogP contribution in [0.15, 0.2) is 29.2 Å². The number of nitrogens with one attached hydrogen (secondary N) is 1. The van der Waals surface area contributed by atoms with Crippen LogP contribution in [0.5, 0.6) is 0 Å². The first-order valence-corrected chi connectivity index (χ1v) is 7.28. The number of aromatic nitrogens is 2. The van der Waals surface area contributed by atoms with Crippen LogP contribution in [0.2, 0.25) is 0 Å². The van der Waals surface area contributed by atoms with Gasteiger partial charge in [-0.2, -0.15) is 5.10 Å².